The number of anilines is 1. The Labute approximate surface area is 179 Å². The fourth-order valence-electron chi connectivity index (χ4n) is 3.27. The van der Waals surface area contributed by atoms with Crippen molar-refractivity contribution in [1.29, 1.82) is 0 Å². The second-order valence-electron chi connectivity index (χ2n) is 6.96. The highest BCUT2D eigenvalue weighted by molar-refractivity contribution is 7.14. The summed E-state index contributed by atoms with van der Waals surface area (Å²) in [6.07, 6.45) is 2.65. The van der Waals surface area contributed by atoms with Crippen LogP contribution in [0.25, 0.3) is 11.3 Å². The summed E-state index contributed by atoms with van der Waals surface area (Å²) in [7, 11) is 0. The summed E-state index contributed by atoms with van der Waals surface area (Å²) in [6.45, 7) is 4.73. The summed E-state index contributed by atoms with van der Waals surface area (Å²) < 4.78 is 1.82. The van der Waals surface area contributed by atoms with Gasteiger partial charge < -0.3 is 5.32 Å². The Hall–Kier alpha value is -3.45. The molecule has 3 aromatic heterocycles. The van der Waals surface area contributed by atoms with Gasteiger partial charge in [0.05, 0.1) is 5.69 Å². The molecule has 1 amide bonds. The Kier molecular flexibility index (Phi) is 5.90. The predicted molar refractivity (Wildman–Crippen MR) is 122 cm³/mol. The maximum atomic E-state index is 12.5. The average Bonchev–Trinajstić information content (AvgIpc) is 3.35. The summed E-state index contributed by atoms with van der Waals surface area (Å²) in [4.78, 5) is 21.6. The summed E-state index contributed by atoms with van der Waals surface area (Å²) in [6, 6.07) is 17.2. The third kappa shape index (κ3) is 4.41. The first-order valence-corrected chi connectivity index (χ1v) is 10.6. The fraction of sp³-hybridized carbons (Fsp3) is 0.174. The molecule has 0 fully saturated rings. The van der Waals surface area contributed by atoms with Crippen molar-refractivity contribution >= 4 is 22.4 Å². The summed E-state index contributed by atoms with van der Waals surface area (Å²) in [5, 5.41) is 6.28. The van der Waals surface area contributed by atoms with Crippen molar-refractivity contribution < 1.29 is 4.79 Å². The monoisotopic (exact) mass is 417 g/mol. The zero-order valence-electron chi connectivity index (χ0n) is 16.9. The Morgan fingerprint density at radius 1 is 1.10 bits per heavy atom. The molecule has 4 aromatic rings. The maximum absolute atomic E-state index is 12.5. The molecule has 152 valence electrons. The summed E-state index contributed by atoms with van der Waals surface area (Å²) in [5.41, 5.74) is 8.46. The largest absolute Gasteiger partial charge is 0.361 e. The molecule has 4 rings (SSSR count). The van der Waals surface area contributed by atoms with Gasteiger partial charge >= 0.3 is 0 Å². The Balaban J connectivity index is 1.44. The number of nitrogens with zero attached hydrogens (tertiary/aromatic N) is 3. The van der Waals surface area contributed by atoms with Crippen molar-refractivity contribution in [3.8, 4) is 11.3 Å². The second kappa shape index (κ2) is 8.92. The third-order valence-electron chi connectivity index (χ3n) is 4.84. The minimum atomic E-state index is -0.140. The molecule has 7 heteroatoms. The number of hydrogen-bond acceptors (Lipinski definition) is 5. The molecule has 0 aliphatic carbocycles. The van der Waals surface area contributed by atoms with E-state index in [4.69, 9.17) is 4.98 Å². The van der Waals surface area contributed by atoms with Gasteiger partial charge in [0.1, 0.15) is 0 Å². The fourth-order valence-corrected chi connectivity index (χ4v) is 4.01. The SMILES string of the molecule is Cc1cc(-c2csc(NCCc3ccccn3)n2)c(C)n1NC(=O)c1ccccc1. The van der Waals surface area contributed by atoms with Crippen molar-refractivity contribution in [2.24, 2.45) is 0 Å². The Morgan fingerprint density at radius 2 is 1.90 bits per heavy atom. The summed E-state index contributed by atoms with van der Waals surface area (Å²) in [5.74, 6) is -0.140. The molecule has 0 unspecified atom stereocenters. The van der Waals surface area contributed by atoms with Crippen LogP contribution in [0.4, 0.5) is 5.13 Å². The lowest BCUT2D eigenvalue weighted by molar-refractivity contribution is 0.101. The highest BCUT2D eigenvalue weighted by Gasteiger charge is 2.16. The molecular weight excluding hydrogens is 394 g/mol. The lowest BCUT2D eigenvalue weighted by atomic mass is 10.2. The van der Waals surface area contributed by atoms with Gasteiger partial charge in [0.25, 0.3) is 5.91 Å². The van der Waals surface area contributed by atoms with Gasteiger partial charge in [-0.05, 0) is 44.2 Å². The van der Waals surface area contributed by atoms with Crippen LogP contribution in [0.2, 0.25) is 0 Å². The first kappa shape index (κ1) is 19.8. The van der Waals surface area contributed by atoms with E-state index in [1.54, 1.807) is 23.5 Å². The molecule has 2 N–H and O–H groups in total. The van der Waals surface area contributed by atoms with Crippen LogP contribution in [0, 0.1) is 13.8 Å². The number of benzene rings is 1. The number of nitrogens with one attached hydrogen (secondary N) is 2. The molecule has 0 atom stereocenters. The van der Waals surface area contributed by atoms with Crippen molar-refractivity contribution in [2.45, 2.75) is 20.3 Å². The number of carbonyl (C=O) groups is 1. The second-order valence-corrected chi connectivity index (χ2v) is 7.82. The molecule has 0 saturated heterocycles. The number of rotatable bonds is 7. The molecule has 6 nitrogen and oxygen atoms in total. The van der Waals surface area contributed by atoms with Gasteiger partial charge in [0.15, 0.2) is 5.13 Å². The van der Waals surface area contributed by atoms with Gasteiger partial charge in [-0.2, -0.15) is 0 Å². The first-order valence-electron chi connectivity index (χ1n) is 9.77. The van der Waals surface area contributed by atoms with E-state index in [2.05, 4.69) is 15.7 Å². The lowest BCUT2D eigenvalue weighted by Gasteiger charge is -2.11. The number of aromatic nitrogens is 3. The van der Waals surface area contributed by atoms with E-state index < -0.39 is 0 Å². The van der Waals surface area contributed by atoms with Crippen molar-refractivity contribution in [3.63, 3.8) is 0 Å². The third-order valence-corrected chi connectivity index (χ3v) is 5.64. The van der Waals surface area contributed by atoms with Crippen LogP contribution in [0.5, 0.6) is 0 Å². The van der Waals surface area contributed by atoms with E-state index in [1.165, 1.54) is 0 Å². The van der Waals surface area contributed by atoms with Crippen LogP contribution in [-0.4, -0.2) is 27.1 Å². The number of carbonyl (C=O) groups excluding carboxylic acids is 1. The van der Waals surface area contributed by atoms with Gasteiger partial charge in [-0.15, -0.1) is 11.3 Å². The first-order chi connectivity index (χ1) is 14.6. The molecule has 1 aromatic carbocycles. The van der Waals surface area contributed by atoms with Crippen LogP contribution in [0.15, 0.2) is 66.2 Å². The highest BCUT2D eigenvalue weighted by atomic mass is 32.1. The molecule has 0 bridgehead atoms. The molecule has 30 heavy (non-hydrogen) atoms. The number of thiazole rings is 1. The van der Waals surface area contributed by atoms with Gasteiger partial charge in [0.2, 0.25) is 0 Å². The average molecular weight is 418 g/mol. The molecular formula is C23H23N5OS. The normalized spacial score (nSPS) is 10.7. The van der Waals surface area contributed by atoms with Crippen LogP contribution in [0.1, 0.15) is 27.4 Å². The molecule has 0 radical (unpaired) electrons. The quantitative estimate of drug-likeness (QED) is 0.459. The van der Waals surface area contributed by atoms with Gasteiger partial charge in [0, 0.05) is 52.8 Å². The molecule has 0 spiro atoms. The van der Waals surface area contributed by atoms with Gasteiger partial charge in [-0.1, -0.05) is 24.3 Å². The minimum Gasteiger partial charge on any atom is -0.361 e. The van der Waals surface area contributed by atoms with E-state index in [9.17, 15) is 4.79 Å². The van der Waals surface area contributed by atoms with Crippen LogP contribution >= 0.6 is 11.3 Å². The topological polar surface area (TPSA) is 71.8 Å². The van der Waals surface area contributed by atoms with Crippen molar-refractivity contribution in [1.82, 2.24) is 14.6 Å². The van der Waals surface area contributed by atoms with Crippen molar-refractivity contribution in [3.05, 3.63) is 88.8 Å². The van der Waals surface area contributed by atoms with E-state index in [1.807, 2.05) is 72.6 Å². The number of amides is 1. The van der Waals surface area contributed by atoms with Crippen molar-refractivity contribution in [2.75, 3.05) is 17.3 Å². The minimum absolute atomic E-state index is 0.140. The molecule has 0 saturated carbocycles. The number of hydrogen-bond donors (Lipinski definition) is 2. The highest BCUT2D eigenvalue weighted by Crippen LogP contribution is 2.29. The van der Waals surface area contributed by atoms with E-state index in [-0.39, 0.29) is 5.91 Å². The molecule has 0 aliphatic rings. The molecule has 3 heterocycles. The van der Waals surface area contributed by atoms with Crippen LogP contribution < -0.4 is 10.7 Å². The number of pyridine rings is 1. The zero-order valence-corrected chi connectivity index (χ0v) is 17.7. The smallest absolute Gasteiger partial charge is 0.270 e. The predicted octanol–water partition coefficient (Wildman–Crippen LogP) is 4.66. The van der Waals surface area contributed by atoms with E-state index in [0.717, 1.165) is 46.4 Å². The van der Waals surface area contributed by atoms with Gasteiger partial charge in [-0.25, -0.2) is 4.98 Å². The van der Waals surface area contributed by atoms with E-state index in [0.29, 0.717) is 5.56 Å². The Bertz CT molecular complexity index is 1140. The lowest BCUT2D eigenvalue weighted by Crippen LogP contribution is -2.24. The van der Waals surface area contributed by atoms with Crippen LogP contribution in [-0.2, 0) is 6.42 Å². The maximum Gasteiger partial charge on any atom is 0.270 e. The molecule has 0 aliphatic heterocycles. The van der Waals surface area contributed by atoms with Crippen LogP contribution in [0.3, 0.4) is 0 Å². The van der Waals surface area contributed by atoms with Gasteiger partial charge in [-0.3, -0.25) is 19.9 Å². The van der Waals surface area contributed by atoms with E-state index >= 15 is 0 Å². The standard InChI is InChI=1S/C23H23N5OS/c1-16-14-20(17(2)28(16)27-22(29)18-8-4-3-5-9-18)21-15-30-23(26-21)25-13-11-19-10-6-7-12-24-19/h3-10,12,14-15H,11,13H2,1-2H3,(H,25,26)(H,27,29). The number of aryl methyl sites for hydroxylation is 1. The zero-order chi connectivity index (χ0) is 20.9. The summed E-state index contributed by atoms with van der Waals surface area (Å²) >= 11 is 1.57. The Morgan fingerprint density at radius 3 is 2.67 bits per heavy atom.